The summed E-state index contributed by atoms with van der Waals surface area (Å²) in [5.41, 5.74) is -0.0187. The minimum Gasteiger partial charge on any atom is -0.389 e. The van der Waals surface area contributed by atoms with Crippen molar-refractivity contribution in [3.63, 3.8) is 0 Å². The molecule has 0 radical (unpaired) electrons. The van der Waals surface area contributed by atoms with Crippen molar-refractivity contribution in [3.05, 3.63) is 33.8 Å². The third kappa shape index (κ3) is 2.90. The highest BCUT2D eigenvalue weighted by Gasteiger charge is 2.19. The first-order valence-corrected chi connectivity index (χ1v) is 5.51. The predicted octanol–water partition coefficient (Wildman–Crippen LogP) is 2.05. The Morgan fingerprint density at radius 1 is 1.27 bits per heavy atom. The number of rotatable bonds is 3. The van der Waals surface area contributed by atoms with Gasteiger partial charge in [-0.05, 0) is 33.6 Å². The van der Waals surface area contributed by atoms with Gasteiger partial charge in [0.05, 0.1) is 10.6 Å². The van der Waals surface area contributed by atoms with Crippen LogP contribution in [0.3, 0.4) is 0 Å². The molecule has 0 spiro atoms. The molecule has 0 heterocycles. The Kier molecular flexibility index (Phi) is 4.51. The van der Waals surface area contributed by atoms with E-state index in [9.17, 15) is 19.0 Å². The van der Waals surface area contributed by atoms with Crippen LogP contribution in [0, 0.1) is 11.6 Å². The maximum Gasteiger partial charge on any atom is 0.140 e. The quantitative estimate of drug-likeness (QED) is 0.590. The molecule has 0 bridgehead atoms. The summed E-state index contributed by atoms with van der Waals surface area (Å²) in [7, 11) is 0. The molecule has 2 nitrogen and oxygen atoms in total. The van der Waals surface area contributed by atoms with E-state index in [2.05, 4.69) is 28.6 Å². The summed E-state index contributed by atoms with van der Waals surface area (Å²) in [4.78, 5) is 0. The topological polar surface area (TPSA) is 40.5 Å². The van der Waals surface area contributed by atoms with Crippen LogP contribution >= 0.6 is 28.6 Å². The molecule has 84 valence electrons. The van der Waals surface area contributed by atoms with Crippen LogP contribution in [-0.4, -0.2) is 22.1 Å². The van der Waals surface area contributed by atoms with Crippen molar-refractivity contribution in [1.29, 1.82) is 0 Å². The van der Waals surface area contributed by atoms with Crippen LogP contribution in [0.1, 0.15) is 11.7 Å². The Balaban J connectivity index is 3.06. The summed E-state index contributed by atoms with van der Waals surface area (Å²) in [6, 6.07) is 1.93. The molecule has 1 aromatic rings. The van der Waals surface area contributed by atoms with Gasteiger partial charge in [0.2, 0.25) is 0 Å². The van der Waals surface area contributed by atoms with Crippen LogP contribution in [0.2, 0.25) is 0 Å². The van der Waals surface area contributed by atoms with E-state index in [4.69, 9.17) is 0 Å². The summed E-state index contributed by atoms with van der Waals surface area (Å²) in [5.74, 6) is -1.65. The summed E-state index contributed by atoms with van der Waals surface area (Å²) < 4.78 is 25.8. The molecule has 2 atom stereocenters. The smallest absolute Gasteiger partial charge is 0.140 e. The number of hydrogen-bond acceptors (Lipinski definition) is 3. The number of halogens is 3. The van der Waals surface area contributed by atoms with Crippen molar-refractivity contribution in [2.45, 2.75) is 12.2 Å². The molecule has 0 fully saturated rings. The highest BCUT2D eigenvalue weighted by atomic mass is 79.9. The van der Waals surface area contributed by atoms with Crippen LogP contribution in [0.4, 0.5) is 8.78 Å². The van der Waals surface area contributed by atoms with Crippen molar-refractivity contribution in [3.8, 4) is 0 Å². The average Bonchev–Trinajstić information content (AvgIpc) is 2.23. The molecule has 0 aromatic heterocycles. The largest absolute Gasteiger partial charge is 0.389 e. The van der Waals surface area contributed by atoms with Gasteiger partial charge in [-0.15, -0.1) is 0 Å². The first kappa shape index (κ1) is 12.9. The Morgan fingerprint density at radius 3 is 2.13 bits per heavy atom. The second-order valence-electron chi connectivity index (χ2n) is 2.99. The molecule has 2 unspecified atom stereocenters. The van der Waals surface area contributed by atoms with Gasteiger partial charge in [-0.3, -0.25) is 0 Å². The molecule has 0 aliphatic rings. The van der Waals surface area contributed by atoms with Gasteiger partial charge in [-0.2, -0.15) is 12.6 Å². The second kappa shape index (κ2) is 5.25. The van der Waals surface area contributed by atoms with E-state index in [1.54, 1.807) is 0 Å². The maximum absolute atomic E-state index is 13.1. The molecule has 0 aliphatic heterocycles. The van der Waals surface area contributed by atoms with Crippen LogP contribution in [0.15, 0.2) is 16.6 Å². The summed E-state index contributed by atoms with van der Waals surface area (Å²) in [5, 5.41) is 18.7. The molecule has 0 amide bonds. The number of benzene rings is 1. The zero-order chi connectivity index (χ0) is 11.6. The van der Waals surface area contributed by atoms with Crippen LogP contribution < -0.4 is 0 Å². The van der Waals surface area contributed by atoms with E-state index in [1.807, 2.05) is 0 Å². The molecule has 0 saturated heterocycles. The molecule has 6 heteroatoms. The molecule has 0 aliphatic carbocycles. The Morgan fingerprint density at radius 2 is 1.73 bits per heavy atom. The molecule has 1 rings (SSSR count). The fourth-order valence-electron chi connectivity index (χ4n) is 1.07. The van der Waals surface area contributed by atoms with Gasteiger partial charge in [0, 0.05) is 5.75 Å². The third-order valence-corrected chi connectivity index (χ3v) is 3.03. The SMILES string of the molecule is OC(CS)C(O)c1cc(F)c(Br)c(F)c1. The summed E-state index contributed by atoms with van der Waals surface area (Å²) in [6.07, 6.45) is -2.51. The van der Waals surface area contributed by atoms with Crippen molar-refractivity contribution in [2.24, 2.45) is 0 Å². The highest BCUT2D eigenvalue weighted by Crippen LogP contribution is 2.26. The Labute approximate surface area is 99.5 Å². The number of aliphatic hydroxyl groups excluding tert-OH is 2. The molecule has 0 saturated carbocycles. The van der Waals surface area contributed by atoms with E-state index in [1.165, 1.54) is 0 Å². The zero-order valence-corrected chi connectivity index (χ0v) is 9.97. The maximum atomic E-state index is 13.1. The first-order valence-electron chi connectivity index (χ1n) is 4.08. The minimum atomic E-state index is -1.35. The van der Waals surface area contributed by atoms with Gasteiger partial charge < -0.3 is 10.2 Å². The zero-order valence-electron chi connectivity index (χ0n) is 7.49. The fraction of sp³-hybridized carbons (Fsp3) is 0.333. The second-order valence-corrected chi connectivity index (χ2v) is 4.15. The van der Waals surface area contributed by atoms with Crippen molar-refractivity contribution < 1.29 is 19.0 Å². The third-order valence-electron chi connectivity index (χ3n) is 1.90. The van der Waals surface area contributed by atoms with Gasteiger partial charge in [0.15, 0.2) is 0 Å². The van der Waals surface area contributed by atoms with Crippen LogP contribution in [0.25, 0.3) is 0 Å². The first-order chi connectivity index (χ1) is 6.97. The highest BCUT2D eigenvalue weighted by molar-refractivity contribution is 9.10. The van der Waals surface area contributed by atoms with Gasteiger partial charge in [-0.1, -0.05) is 0 Å². The molecular weight excluding hydrogens is 290 g/mol. The van der Waals surface area contributed by atoms with E-state index >= 15 is 0 Å². The van der Waals surface area contributed by atoms with Crippen LogP contribution in [0.5, 0.6) is 0 Å². The normalized spacial score (nSPS) is 15.1. The molecule has 15 heavy (non-hydrogen) atoms. The van der Waals surface area contributed by atoms with E-state index in [0.29, 0.717) is 0 Å². The van der Waals surface area contributed by atoms with Crippen molar-refractivity contribution in [1.82, 2.24) is 0 Å². The van der Waals surface area contributed by atoms with Crippen molar-refractivity contribution in [2.75, 3.05) is 5.75 Å². The monoisotopic (exact) mass is 298 g/mol. The Bertz CT molecular complexity index is 339. The van der Waals surface area contributed by atoms with E-state index in [-0.39, 0.29) is 15.8 Å². The van der Waals surface area contributed by atoms with Crippen LogP contribution in [-0.2, 0) is 0 Å². The standard InChI is InChI=1S/C9H9BrF2O2S/c10-8-5(11)1-4(2-6(8)12)9(14)7(13)3-15/h1-2,7,9,13-15H,3H2. The summed E-state index contributed by atoms with van der Waals surface area (Å²) in [6.45, 7) is 0. The lowest BCUT2D eigenvalue weighted by atomic mass is 10.1. The molecule has 2 N–H and O–H groups in total. The number of aliphatic hydroxyl groups is 2. The lowest BCUT2D eigenvalue weighted by molar-refractivity contribution is 0.0334. The van der Waals surface area contributed by atoms with Gasteiger partial charge in [-0.25, -0.2) is 8.78 Å². The minimum absolute atomic E-state index is 0.000465. The van der Waals surface area contributed by atoms with Gasteiger partial charge in [0.1, 0.15) is 17.7 Å². The molecular formula is C9H9BrF2O2S. The van der Waals surface area contributed by atoms with Gasteiger partial charge >= 0.3 is 0 Å². The number of hydrogen-bond donors (Lipinski definition) is 3. The lowest BCUT2D eigenvalue weighted by Crippen LogP contribution is -2.20. The lowest BCUT2D eigenvalue weighted by Gasteiger charge is -2.16. The van der Waals surface area contributed by atoms with E-state index in [0.717, 1.165) is 12.1 Å². The average molecular weight is 299 g/mol. The van der Waals surface area contributed by atoms with Crippen molar-refractivity contribution >= 4 is 28.6 Å². The number of thiol groups is 1. The Hall–Kier alpha value is -0.170. The molecule has 1 aromatic carbocycles. The summed E-state index contributed by atoms with van der Waals surface area (Å²) >= 11 is 6.48. The predicted molar refractivity (Wildman–Crippen MR) is 58.9 cm³/mol. The van der Waals surface area contributed by atoms with E-state index < -0.39 is 23.8 Å². The van der Waals surface area contributed by atoms with Gasteiger partial charge in [0.25, 0.3) is 0 Å². The fourth-order valence-corrected chi connectivity index (χ4v) is 1.50.